The van der Waals surface area contributed by atoms with Gasteiger partial charge in [0.25, 0.3) is 5.95 Å². The summed E-state index contributed by atoms with van der Waals surface area (Å²) in [6.07, 6.45) is 1.96. The van der Waals surface area contributed by atoms with Crippen molar-refractivity contribution >= 4 is 27.5 Å². The minimum Gasteiger partial charge on any atom is -0.277 e. The number of aromatic nitrogens is 4. The standard InChI is InChI=1S/C30H20N4/c1-2-9-21(10-3-1)22-16-18-23(19-17-22)24-13-8-20-33-29(24)31-30(32-33)34-27-14-6-4-11-25(27)26-12-5-7-15-28(26)34/h1-20H. The molecular formula is C30H20N4. The zero-order valence-electron chi connectivity index (χ0n) is 18.3. The van der Waals surface area contributed by atoms with Crippen LogP contribution in [0.5, 0.6) is 0 Å². The Morgan fingerprint density at radius 2 is 1.09 bits per heavy atom. The number of hydrogen-bond donors (Lipinski definition) is 0. The van der Waals surface area contributed by atoms with Gasteiger partial charge in [0.2, 0.25) is 0 Å². The van der Waals surface area contributed by atoms with E-state index in [0.717, 1.165) is 27.8 Å². The molecule has 0 amide bonds. The molecule has 4 aromatic carbocycles. The van der Waals surface area contributed by atoms with E-state index in [1.54, 1.807) is 0 Å². The van der Waals surface area contributed by atoms with Crippen molar-refractivity contribution < 1.29 is 0 Å². The van der Waals surface area contributed by atoms with Crippen molar-refractivity contribution in [2.75, 3.05) is 0 Å². The van der Waals surface area contributed by atoms with E-state index in [-0.39, 0.29) is 0 Å². The molecule has 0 spiro atoms. The van der Waals surface area contributed by atoms with Crippen LogP contribution in [0.1, 0.15) is 0 Å². The second kappa shape index (κ2) is 7.42. The fourth-order valence-corrected chi connectivity index (χ4v) is 4.83. The molecule has 160 valence electrons. The first-order valence-corrected chi connectivity index (χ1v) is 11.4. The molecule has 0 radical (unpaired) electrons. The third kappa shape index (κ3) is 2.86. The molecule has 0 aliphatic carbocycles. The highest BCUT2D eigenvalue weighted by atomic mass is 15.4. The summed E-state index contributed by atoms with van der Waals surface area (Å²) in [5.74, 6) is 0.672. The van der Waals surface area contributed by atoms with Crippen LogP contribution in [-0.2, 0) is 0 Å². The van der Waals surface area contributed by atoms with Crippen molar-refractivity contribution in [3.05, 3.63) is 121 Å². The highest BCUT2D eigenvalue weighted by molar-refractivity contribution is 6.08. The van der Waals surface area contributed by atoms with E-state index in [4.69, 9.17) is 10.1 Å². The first-order chi connectivity index (χ1) is 16.9. The molecule has 0 N–H and O–H groups in total. The molecule has 7 rings (SSSR count). The van der Waals surface area contributed by atoms with Gasteiger partial charge in [-0.2, -0.15) is 4.98 Å². The molecule has 3 heterocycles. The number of fused-ring (bicyclic) bond motifs is 4. The van der Waals surface area contributed by atoms with Crippen LogP contribution in [0.3, 0.4) is 0 Å². The van der Waals surface area contributed by atoms with Crippen molar-refractivity contribution in [2.45, 2.75) is 0 Å². The second-order valence-corrected chi connectivity index (χ2v) is 8.41. The zero-order valence-corrected chi connectivity index (χ0v) is 18.3. The van der Waals surface area contributed by atoms with Crippen LogP contribution < -0.4 is 0 Å². The fraction of sp³-hybridized carbons (Fsp3) is 0. The average Bonchev–Trinajstić information content (AvgIpc) is 3.48. The molecule has 4 heteroatoms. The lowest BCUT2D eigenvalue weighted by atomic mass is 10.0. The lowest BCUT2D eigenvalue weighted by Gasteiger charge is -2.05. The van der Waals surface area contributed by atoms with E-state index in [1.165, 1.54) is 21.9 Å². The number of nitrogens with zero attached hydrogens (tertiary/aromatic N) is 4. The zero-order chi connectivity index (χ0) is 22.5. The summed E-state index contributed by atoms with van der Waals surface area (Å²) in [6.45, 7) is 0. The monoisotopic (exact) mass is 436 g/mol. The summed E-state index contributed by atoms with van der Waals surface area (Å²) in [5, 5.41) is 7.28. The predicted molar refractivity (Wildman–Crippen MR) is 138 cm³/mol. The van der Waals surface area contributed by atoms with Crippen molar-refractivity contribution in [3.8, 4) is 28.2 Å². The number of pyridine rings is 1. The molecule has 3 aromatic heterocycles. The lowest BCUT2D eigenvalue weighted by molar-refractivity contribution is 0.916. The Labute approximate surface area is 196 Å². The van der Waals surface area contributed by atoms with Crippen molar-refractivity contribution in [1.82, 2.24) is 19.2 Å². The van der Waals surface area contributed by atoms with Gasteiger partial charge in [0, 0.05) is 22.5 Å². The Balaban J connectivity index is 1.40. The third-order valence-corrected chi connectivity index (χ3v) is 6.43. The summed E-state index contributed by atoms with van der Waals surface area (Å²) in [6, 6.07) is 40.1. The molecule has 0 aliphatic rings. The smallest absolute Gasteiger partial charge is 0.254 e. The first kappa shape index (κ1) is 18.8. The maximum atomic E-state index is 5.03. The molecule has 0 saturated carbocycles. The molecule has 34 heavy (non-hydrogen) atoms. The van der Waals surface area contributed by atoms with Gasteiger partial charge in [-0.05, 0) is 41.0 Å². The second-order valence-electron chi connectivity index (χ2n) is 8.41. The molecule has 0 bridgehead atoms. The summed E-state index contributed by atoms with van der Waals surface area (Å²) < 4.78 is 4.03. The minimum absolute atomic E-state index is 0.672. The Bertz CT molecular complexity index is 1740. The summed E-state index contributed by atoms with van der Waals surface area (Å²) >= 11 is 0. The third-order valence-electron chi connectivity index (χ3n) is 6.43. The van der Waals surface area contributed by atoms with Crippen molar-refractivity contribution in [2.24, 2.45) is 0 Å². The van der Waals surface area contributed by atoms with Gasteiger partial charge in [0.1, 0.15) is 0 Å². The van der Waals surface area contributed by atoms with Gasteiger partial charge in [-0.15, -0.1) is 5.10 Å². The maximum Gasteiger partial charge on any atom is 0.254 e. The van der Waals surface area contributed by atoms with E-state index >= 15 is 0 Å². The maximum absolute atomic E-state index is 5.03. The molecule has 0 saturated heterocycles. The number of para-hydroxylation sites is 2. The number of hydrogen-bond acceptors (Lipinski definition) is 2. The Hall–Kier alpha value is -4.70. The predicted octanol–water partition coefficient (Wildman–Crippen LogP) is 7.16. The lowest BCUT2D eigenvalue weighted by Crippen LogP contribution is -1.96. The van der Waals surface area contributed by atoms with Gasteiger partial charge in [0.15, 0.2) is 5.65 Å². The summed E-state index contributed by atoms with van der Waals surface area (Å²) in [4.78, 5) is 5.03. The first-order valence-electron chi connectivity index (χ1n) is 11.4. The van der Waals surface area contributed by atoms with Gasteiger partial charge >= 0.3 is 0 Å². The van der Waals surface area contributed by atoms with E-state index in [9.17, 15) is 0 Å². The molecule has 7 aromatic rings. The quantitative estimate of drug-likeness (QED) is 0.295. The van der Waals surface area contributed by atoms with Crippen molar-refractivity contribution in [3.63, 3.8) is 0 Å². The minimum atomic E-state index is 0.672. The average molecular weight is 437 g/mol. The van der Waals surface area contributed by atoms with Gasteiger partial charge in [-0.1, -0.05) is 91.0 Å². The highest BCUT2D eigenvalue weighted by Crippen LogP contribution is 2.32. The van der Waals surface area contributed by atoms with E-state index < -0.39 is 0 Å². The molecule has 0 aliphatic heterocycles. The van der Waals surface area contributed by atoms with Crippen LogP contribution in [0.4, 0.5) is 0 Å². The summed E-state index contributed by atoms with van der Waals surface area (Å²) in [7, 11) is 0. The van der Waals surface area contributed by atoms with Crippen LogP contribution in [0.2, 0.25) is 0 Å². The number of benzene rings is 4. The van der Waals surface area contributed by atoms with Gasteiger partial charge < -0.3 is 0 Å². The van der Waals surface area contributed by atoms with Crippen molar-refractivity contribution in [1.29, 1.82) is 0 Å². The Kier molecular flexibility index (Phi) is 4.11. The van der Waals surface area contributed by atoms with Crippen LogP contribution in [-0.4, -0.2) is 19.2 Å². The molecule has 0 atom stereocenters. The van der Waals surface area contributed by atoms with Crippen LogP contribution >= 0.6 is 0 Å². The van der Waals surface area contributed by atoms with Crippen LogP contribution in [0.15, 0.2) is 121 Å². The van der Waals surface area contributed by atoms with Crippen LogP contribution in [0.25, 0.3) is 55.7 Å². The SMILES string of the molecule is c1ccc(-c2ccc(-c3cccn4nc(-n5c6ccccc6c6ccccc65)nc34)cc2)cc1. The van der Waals surface area contributed by atoms with E-state index in [2.05, 4.69) is 108 Å². The number of rotatable bonds is 3. The van der Waals surface area contributed by atoms with Gasteiger partial charge in [0.05, 0.1) is 11.0 Å². The Morgan fingerprint density at radius 3 is 1.79 bits per heavy atom. The van der Waals surface area contributed by atoms with Gasteiger partial charge in [-0.25, -0.2) is 4.52 Å². The largest absolute Gasteiger partial charge is 0.277 e. The fourth-order valence-electron chi connectivity index (χ4n) is 4.83. The van der Waals surface area contributed by atoms with Crippen LogP contribution in [0, 0.1) is 0 Å². The van der Waals surface area contributed by atoms with E-state index in [0.29, 0.717) is 5.95 Å². The molecule has 0 unspecified atom stereocenters. The molecule has 4 nitrogen and oxygen atoms in total. The molecule has 0 fully saturated rings. The Morgan fingerprint density at radius 1 is 0.500 bits per heavy atom. The van der Waals surface area contributed by atoms with E-state index in [1.807, 2.05) is 22.8 Å². The highest BCUT2D eigenvalue weighted by Gasteiger charge is 2.16. The molecular weight excluding hydrogens is 416 g/mol. The normalized spacial score (nSPS) is 11.5. The van der Waals surface area contributed by atoms with Gasteiger partial charge in [-0.3, -0.25) is 4.57 Å². The topological polar surface area (TPSA) is 35.1 Å². The summed E-state index contributed by atoms with van der Waals surface area (Å²) in [5.41, 5.74) is 7.63.